The Morgan fingerprint density at radius 2 is 2.17 bits per heavy atom. The van der Waals surface area contributed by atoms with E-state index in [-0.39, 0.29) is 6.42 Å². The van der Waals surface area contributed by atoms with Gasteiger partial charge in [-0.1, -0.05) is 6.92 Å². The Morgan fingerprint density at radius 3 is 2.33 bits per heavy atom. The normalized spacial score (nSPS) is 28.1. The van der Waals surface area contributed by atoms with E-state index in [0.29, 0.717) is 0 Å². The van der Waals surface area contributed by atoms with Crippen LogP contribution in [0.1, 0.15) is 13.3 Å². The van der Waals surface area contributed by atoms with Crippen molar-refractivity contribution in [2.75, 3.05) is 0 Å². The molecule has 1 rings (SSSR count). The van der Waals surface area contributed by atoms with Gasteiger partial charge in [0.05, 0.1) is 0 Å². The summed E-state index contributed by atoms with van der Waals surface area (Å²) in [5, 5.41) is 12.6. The minimum atomic E-state index is -1.77. The molecule has 0 radical (unpaired) electrons. The fraction of sp³-hybridized carbons (Fsp3) is 0.500. The Hall–Kier alpha value is -1.59. The van der Waals surface area contributed by atoms with Crippen molar-refractivity contribution in [1.82, 2.24) is 10.6 Å². The number of carbonyl (C=O) groups is 3. The molecule has 0 aromatic carbocycles. The predicted molar refractivity (Wildman–Crippen MR) is 37.3 cm³/mol. The van der Waals surface area contributed by atoms with Crippen LogP contribution in [0.3, 0.4) is 0 Å². The van der Waals surface area contributed by atoms with Crippen molar-refractivity contribution < 1.29 is 19.5 Å². The first-order valence-corrected chi connectivity index (χ1v) is 3.40. The molecule has 0 aliphatic carbocycles. The summed E-state index contributed by atoms with van der Waals surface area (Å²) in [5.41, 5.74) is -1.77. The van der Waals surface area contributed by atoms with E-state index in [1.807, 2.05) is 5.32 Å². The van der Waals surface area contributed by atoms with Crippen LogP contribution in [0.4, 0.5) is 4.79 Å². The third kappa shape index (κ3) is 0.919. The first-order chi connectivity index (χ1) is 5.53. The molecular formula is C6H8N2O4. The van der Waals surface area contributed by atoms with Crippen molar-refractivity contribution >= 4 is 17.9 Å². The number of rotatable bonds is 2. The highest BCUT2D eigenvalue weighted by Gasteiger charge is 2.51. The molecule has 66 valence electrons. The van der Waals surface area contributed by atoms with Crippen LogP contribution in [-0.4, -0.2) is 28.6 Å². The van der Waals surface area contributed by atoms with Gasteiger partial charge in [-0.25, -0.2) is 9.59 Å². The van der Waals surface area contributed by atoms with Crippen LogP contribution < -0.4 is 10.6 Å². The summed E-state index contributed by atoms with van der Waals surface area (Å²) in [6, 6.07) is -0.760. The van der Waals surface area contributed by atoms with E-state index in [1.54, 1.807) is 0 Å². The van der Waals surface area contributed by atoms with Crippen molar-refractivity contribution in [2.45, 2.75) is 18.9 Å². The average molecular weight is 172 g/mol. The minimum Gasteiger partial charge on any atom is -0.479 e. The van der Waals surface area contributed by atoms with E-state index >= 15 is 0 Å². The van der Waals surface area contributed by atoms with Gasteiger partial charge in [0.25, 0.3) is 5.91 Å². The van der Waals surface area contributed by atoms with Crippen LogP contribution in [0.5, 0.6) is 0 Å². The molecule has 0 bridgehead atoms. The summed E-state index contributed by atoms with van der Waals surface area (Å²) in [6.45, 7) is 1.51. The molecular weight excluding hydrogens is 164 g/mol. The van der Waals surface area contributed by atoms with Crippen LogP contribution in [0.25, 0.3) is 0 Å². The van der Waals surface area contributed by atoms with Gasteiger partial charge in [-0.15, -0.1) is 0 Å². The van der Waals surface area contributed by atoms with Gasteiger partial charge in [-0.05, 0) is 6.42 Å². The van der Waals surface area contributed by atoms with Gasteiger partial charge in [0.15, 0.2) is 0 Å². The summed E-state index contributed by atoms with van der Waals surface area (Å²) in [7, 11) is 0. The second-order valence-corrected chi connectivity index (χ2v) is 2.47. The van der Waals surface area contributed by atoms with Crippen LogP contribution in [0.2, 0.25) is 0 Å². The van der Waals surface area contributed by atoms with E-state index in [2.05, 4.69) is 5.32 Å². The summed E-state index contributed by atoms with van der Waals surface area (Å²) in [6.07, 6.45) is 0.0277. The number of hydrogen-bond donors (Lipinski definition) is 3. The van der Waals surface area contributed by atoms with E-state index in [1.165, 1.54) is 6.92 Å². The SMILES string of the molecule is CC[C@@]1(C(=O)O)NC(=O)NC1=O. The van der Waals surface area contributed by atoms with E-state index < -0.39 is 23.4 Å². The Balaban J connectivity index is 3.02. The molecule has 6 heteroatoms. The summed E-state index contributed by atoms with van der Waals surface area (Å²) >= 11 is 0. The molecule has 0 aromatic heterocycles. The van der Waals surface area contributed by atoms with Gasteiger partial charge in [-0.3, -0.25) is 10.1 Å². The molecule has 3 amide bonds. The van der Waals surface area contributed by atoms with E-state index in [9.17, 15) is 14.4 Å². The number of hydrogen-bond acceptors (Lipinski definition) is 3. The van der Waals surface area contributed by atoms with Crippen LogP contribution >= 0.6 is 0 Å². The lowest BCUT2D eigenvalue weighted by Crippen LogP contribution is -2.53. The van der Waals surface area contributed by atoms with Crippen molar-refractivity contribution in [1.29, 1.82) is 0 Å². The van der Waals surface area contributed by atoms with Crippen LogP contribution in [0, 0.1) is 0 Å². The van der Waals surface area contributed by atoms with Gasteiger partial charge in [0.2, 0.25) is 5.54 Å². The number of carboxylic acid groups (broad SMARTS) is 1. The molecule has 12 heavy (non-hydrogen) atoms. The Morgan fingerprint density at radius 1 is 1.58 bits per heavy atom. The lowest BCUT2D eigenvalue weighted by atomic mass is 9.97. The van der Waals surface area contributed by atoms with Gasteiger partial charge < -0.3 is 10.4 Å². The number of carbonyl (C=O) groups excluding carboxylic acids is 2. The molecule has 1 heterocycles. The third-order valence-corrected chi connectivity index (χ3v) is 1.84. The van der Waals surface area contributed by atoms with E-state index in [0.717, 1.165) is 0 Å². The maximum absolute atomic E-state index is 11.0. The maximum Gasteiger partial charge on any atom is 0.339 e. The number of amides is 3. The predicted octanol–water partition coefficient (Wildman–Crippen LogP) is -0.941. The first-order valence-electron chi connectivity index (χ1n) is 3.40. The molecule has 1 aliphatic heterocycles. The highest BCUT2D eigenvalue weighted by atomic mass is 16.4. The lowest BCUT2D eigenvalue weighted by Gasteiger charge is -2.17. The monoisotopic (exact) mass is 172 g/mol. The minimum absolute atomic E-state index is 0.0277. The van der Waals surface area contributed by atoms with Gasteiger partial charge in [0, 0.05) is 0 Å². The standard InChI is InChI=1S/C6H8N2O4/c1-2-6(4(10)11)3(9)7-5(12)8-6/h2H2,1H3,(H,10,11)(H2,7,8,9,12)/t6-/m1/s1. The topological polar surface area (TPSA) is 95.5 Å². The Kier molecular flexibility index (Phi) is 1.75. The molecule has 0 spiro atoms. The number of nitrogens with one attached hydrogen (secondary N) is 2. The van der Waals surface area contributed by atoms with Crippen molar-refractivity contribution in [3.63, 3.8) is 0 Å². The van der Waals surface area contributed by atoms with E-state index in [4.69, 9.17) is 5.11 Å². The molecule has 0 unspecified atom stereocenters. The highest BCUT2D eigenvalue weighted by Crippen LogP contribution is 2.14. The number of urea groups is 1. The quantitative estimate of drug-likeness (QED) is 0.370. The Labute approximate surface area is 67.9 Å². The largest absolute Gasteiger partial charge is 0.479 e. The van der Waals surface area contributed by atoms with Gasteiger partial charge in [-0.2, -0.15) is 0 Å². The second-order valence-electron chi connectivity index (χ2n) is 2.47. The van der Waals surface area contributed by atoms with Crippen molar-refractivity contribution in [3.8, 4) is 0 Å². The van der Waals surface area contributed by atoms with Crippen molar-refractivity contribution in [2.24, 2.45) is 0 Å². The number of aliphatic carboxylic acids is 1. The van der Waals surface area contributed by atoms with Crippen molar-refractivity contribution in [3.05, 3.63) is 0 Å². The zero-order chi connectivity index (χ0) is 9.35. The molecule has 1 atom stereocenters. The molecule has 1 aliphatic rings. The maximum atomic E-state index is 11.0. The van der Waals surface area contributed by atoms with Crippen LogP contribution in [0.15, 0.2) is 0 Å². The smallest absolute Gasteiger partial charge is 0.339 e. The second kappa shape index (κ2) is 2.47. The average Bonchev–Trinajstić information content (AvgIpc) is 2.26. The molecule has 0 saturated carbocycles. The molecule has 1 saturated heterocycles. The Bertz CT molecular complexity index is 262. The molecule has 6 nitrogen and oxygen atoms in total. The molecule has 0 aromatic rings. The fourth-order valence-electron chi connectivity index (χ4n) is 1.04. The van der Waals surface area contributed by atoms with Crippen LogP contribution in [-0.2, 0) is 9.59 Å². The third-order valence-electron chi connectivity index (χ3n) is 1.84. The molecule has 1 fully saturated rings. The summed E-state index contributed by atoms with van der Waals surface area (Å²) < 4.78 is 0. The summed E-state index contributed by atoms with van der Waals surface area (Å²) in [4.78, 5) is 32.3. The number of carboxylic acids is 1. The van der Waals surface area contributed by atoms with Gasteiger partial charge >= 0.3 is 12.0 Å². The lowest BCUT2D eigenvalue weighted by molar-refractivity contribution is -0.148. The zero-order valence-corrected chi connectivity index (χ0v) is 6.38. The number of imide groups is 1. The fourth-order valence-corrected chi connectivity index (χ4v) is 1.04. The zero-order valence-electron chi connectivity index (χ0n) is 6.38. The first kappa shape index (κ1) is 8.51. The highest BCUT2D eigenvalue weighted by molar-refractivity contribution is 6.18. The molecule has 3 N–H and O–H groups in total. The summed E-state index contributed by atoms with van der Waals surface area (Å²) in [5.74, 6) is -2.14. The van der Waals surface area contributed by atoms with Gasteiger partial charge in [0.1, 0.15) is 0 Å².